The Morgan fingerprint density at radius 2 is 2.04 bits per heavy atom. The number of benzene rings is 1. The summed E-state index contributed by atoms with van der Waals surface area (Å²) in [6, 6.07) is 6.40. The van der Waals surface area contributed by atoms with Crippen LogP contribution in [0.25, 0.3) is 0 Å². The van der Waals surface area contributed by atoms with Crippen LogP contribution in [0.1, 0.15) is 37.9 Å². The highest BCUT2D eigenvalue weighted by Crippen LogP contribution is 2.30. The molecule has 0 atom stereocenters. The van der Waals surface area contributed by atoms with Crippen LogP contribution >= 0.6 is 0 Å². The van der Waals surface area contributed by atoms with Crippen molar-refractivity contribution >= 4 is 11.8 Å². The fraction of sp³-hybridized carbons (Fsp3) is 0.474. The number of carbonyl (C=O) groups excluding carboxylic acids is 1. The van der Waals surface area contributed by atoms with E-state index in [-0.39, 0.29) is 29.9 Å². The molecule has 1 aromatic carbocycles. The van der Waals surface area contributed by atoms with Crippen molar-refractivity contribution in [3.8, 4) is 11.5 Å². The topological polar surface area (TPSA) is 76.8 Å². The minimum Gasteiger partial charge on any atom is -0.490 e. The number of halogens is 2. The van der Waals surface area contributed by atoms with Gasteiger partial charge in [-0.1, -0.05) is 25.1 Å². The highest BCUT2D eigenvalue weighted by molar-refractivity contribution is 5.90. The van der Waals surface area contributed by atoms with E-state index in [1.54, 1.807) is 37.1 Å². The minimum absolute atomic E-state index is 0.0210. The van der Waals surface area contributed by atoms with Gasteiger partial charge in [-0.15, -0.1) is 0 Å². The van der Waals surface area contributed by atoms with Crippen LogP contribution in [0, 0.1) is 0 Å². The van der Waals surface area contributed by atoms with E-state index in [0.29, 0.717) is 19.0 Å². The van der Waals surface area contributed by atoms with E-state index in [1.165, 1.54) is 6.07 Å². The highest BCUT2D eigenvalue weighted by Gasteiger charge is 2.15. The Bertz CT molecular complexity index is 780. The van der Waals surface area contributed by atoms with Crippen LogP contribution in [0.2, 0.25) is 0 Å². The SMILES string of the molecule is CCOc1cc(CN(C)CC(=O)Nc2cc(C(C)C)no2)ccc1OC(F)F. The minimum atomic E-state index is -2.93. The lowest BCUT2D eigenvalue weighted by molar-refractivity contribution is -0.117. The maximum absolute atomic E-state index is 12.5. The lowest BCUT2D eigenvalue weighted by Gasteiger charge is -2.17. The van der Waals surface area contributed by atoms with Gasteiger partial charge in [0.15, 0.2) is 11.5 Å². The van der Waals surface area contributed by atoms with Crippen LogP contribution in [0.4, 0.5) is 14.7 Å². The molecule has 0 saturated heterocycles. The maximum atomic E-state index is 12.5. The summed E-state index contributed by atoms with van der Waals surface area (Å²) in [5.41, 5.74) is 1.56. The Hall–Kier alpha value is -2.68. The second-order valence-corrected chi connectivity index (χ2v) is 6.58. The summed E-state index contributed by atoms with van der Waals surface area (Å²) in [7, 11) is 1.77. The molecular formula is C19H25F2N3O4. The van der Waals surface area contributed by atoms with Crippen molar-refractivity contribution in [2.75, 3.05) is 25.5 Å². The van der Waals surface area contributed by atoms with Crippen LogP contribution in [0.3, 0.4) is 0 Å². The molecule has 1 N–H and O–H groups in total. The van der Waals surface area contributed by atoms with Crippen molar-refractivity contribution in [2.45, 2.75) is 39.8 Å². The second-order valence-electron chi connectivity index (χ2n) is 6.58. The van der Waals surface area contributed by atoms with Crippen molar-refractivity contribution in [1.82, 2.24) is 10.1 Å². The molecule has 0 aliphatic heterocycles. The molecule has 154 valence electrons. The van der Waals surface area contributed by atoms with Crippen molar-refractivity contribution in [3.63, 3.8) is 0 Å². The van der Waals surface area contributed by atoms with Crippen molar-refractivity contribution in [2.24, 2.45) is 0 Å². The first-order valence-corrected chi connectivity index (χ1v) is 8.94. The zero-order valence-corrected chi connectivity index (χ0v) is 16.4. The van der Waals surface area contributed by atoms with E-state index >= 15 is 0 Å². The molecule has 1 aromatic heterocycles. The predicted octanol–water partition coefficient (Wildman–Crippen LogP) is 3.87. The van der Waals surface area contributed by atoms with E-state index in [0.717, 1.165) is 11.3 Å². The summed E-state index contributed by atoms with van der Waals surface area (Å²) in [6.45, 7) is 3.62. The molecule has 0 unspecified atom stereocenters. The molecule has 0 fully saturated rings. The molecule has 0 aliphatic carbocycles. The fourth-order valence-corrected chi connectivity index (χ4v) is 2.52. The Balaban J connectivity index is 1.94. The van der Waals surface area contributed by atoms with Crippen LogP contribution in [0.5, 0.6) is 11.5 Å². The van der Waals surface area contributed by atoms with Gasteiger partial charge in [0, 0.05) is 12.6 Å². The van der Waals surface area contributed by atoms with Gasteiger partial charge in [-0.05, 0) is 37.6 Å². The van der Waals surface area contributed by atoms with Gasteiger partial charge in [0.05, 0.1) is 18.8 Å². The van der Waals surface area contributed by atoms with E-state index in [1.807, 2.05) is 13.8 Å². The number of amides is 1. The van der Waals surface area contributed by atoms with Crippen LogP contribution < -0.4 is 14.8 Å². The molecule has 1 heterocycles. The molecule has 28 heavy (non-hydrogen) atoms. The van der Waals surface area contributed by atoms with Gasteiger partial charge in [-0.25, -0.2) is 0 Å². The summed E-state index contributed by atoms with van der Waals surface area (Å²) in [4.78, 5) is 13.9. The third-order valence-electron chi connectivity index (χ3n) is 3.77. The van der Waals surface area contributed by atoms with E-state index in [2.05, 4.69) is 15.2 Å². The third-order valence-corrected chi connectivity index (χ3v) is 3.77. The summed E-state index contributed by atoms with van der Waals surface area (Å²) in [5.74, 6) is 0.466. The number of hydrogen-bond acceptors (Lipinski definition) is 6. The lowest BCUT2D eigenvalue weighted by atomic mass is 10.1. The number of ether oxygens (including phenoxy) is 2. The molecule has 0 spiro atoms. The zero-order chi connectivity index (χ0) is 20.7. The smallest absolute Gasteiger partial charge is 0.387 e. The number of nitrogens with one attached hydrogen (secondary N) is 1. The number of aromatic nitrogens is 1. The van der Waals surface area contributed by atoms with Crippen molar-refractivity contribution in [1.29, 1.82) is 0 Å². The summed E-state index contributed by atoms with van der Waals surface area (Å²) in [5, 5.41) is 6.55. The number of rotatable bonds is 10. The van der Waals surface area contributed by atoms with Crippen LogP contribution in [-0.4, -0.2) is 42.8 Å². The van der Waals surface area contributed by atoms with E-state index in [9.17, 15) is 13.6 Å². The zero-order valence-electron chi connectivity index (χ0n) is 16.4. The fourth-order valence-electron chi connectivity index (χ4n) is 2.52. The van der Waals surface area contributed by atoms with E-state index in [4.69, 9.17) is 9.26 Å². The molecule has 0 bridgehead atoms. The van der Waals surface area contributed by atoms with Gasteiger partial charge in [-0.2, -0.15) is 8.78 Å². The monoisotopic (exact) mass is 397 g/mol. The molecule has 0 aliphatic rings. The third kappa shape index (κ3) is 6.49. The van der Waals surface area contributed by atoms with Gasteiger partial charge in [0.1, 0.15) is 0 Å². The summed E-state index contributed by atoms with van der Waals surface area (Å²) >= 11 is 0. The van der Waals surface area contributed by atoms with E-state index < -0.39 is 6.61 Å². The first-order chi connectivity index (χ1) is 13.3. The van der Waals surface area contributed by atoms with Gasteiger partial charge >= 0.3 is 6.61 Å². The van der Waals surface area contributed by atoms with Gasteiger partial charge < -0.3 is 14.0 Å². The second kappa shape index (κ2) is 10.0. The summed E-state index contributed by atoms with van der Waals surface area (Å²) < 4.78 is 39.9. The number of carbonyl (C=O) groups is 1. The number of anilines is 1. The van der Waals surface area contributed by atoms with Crippen molar-refractivity contribution < 1.29 is 27.6 Å². The van der Waals surface area contributed by atoms with Gasteiger partial charge in [0.25, 0.3) is 0 Å². The van der Waals surface area contributed by atoms with Crippen LogP contribution in [-0.2, 0) is 11.3 Å². The first kappa shape index (κ1) is 21.6. The number of hydrogen-bond donors (Lipinski definition) is 1. The lowest BCUT2D eigenvalue weighted by Crippen LogP contribution is -2.29. The number of alkyl halides is 2. The molecule has 7 nitrogen and oxygen atoms in total. The average Bonchev–Trinajstić information content (AvgIpc) is 3.05. The van der Waals surface area contributed by atoms with Crippen LogP contribution in [0.15, 0.2) is 28.8 Å². The van der Waals surface area contributed by atoms with Crippen molar-refractivity contribution in [3.05, 3.63) is 35.5 Å². The number of likely N-dealkylation sites (N-methyl/N-ethyl adjacent to an activating group) is 1. The molecule has 1 amide bonds. The normalized spacial score (nSPS) is 11.3. The molecule has 0 radical (unpaired) electrons. The standard InChI is InChI=1S/C19H25F2N3O4/c1-5-26-16-8-13(6-7-15(16)27-19(20)21)10-24(4)11-17(25)22-18-9-14(12(2)3)23-28-18/h6-9,12,19H,5,10-11H2,1-4H3,(H,22,25). The molecular weight excluding hydrogens is 372 g/mol. The Kier molecular flexibility index (Phi) is 7.74. The first-order valence-electron chi connectivity index (χ1n) is 8.94. The Morgan fingerprint density at radius 1 is 1.29 bits per heavy atom. The quantitative estimate of drug-likeness (QED) is 0.656. The Morgan fingerprint density at radius 3 is 2.64 bits per heavy atom. The number of nitrogens with zero attached hydrogens (tertiary/aromatic N) is 2. The average molecular weight is 397 g/mol. The largest absolute Gasteiger partial charge is 0.490 e. The molecule has 2 aromatic rings. The maximum Gasteiger partial charge on any atom is 0.387 e. The van der Waals surface area contributed by atoms with Gasteiger partial charge in [0.2, 0.25) is 11.8 Å². The Labute approximate surface area is 162 Å². The molecule has 0 saturated carbocycles. The molecule has 9 heteroatoms. The van der Waals surface area contributed by atoms with Gasteiger partial charge in [-0.3, -0.25) is 15.0 Å². The predicted molar refractivity (Wildman–Crippen MR) is 99.8 cm³/mol. The molecule has 2 rings (SSSR count). The summed E-state index contributed by atoms with van der Waals surface area (Å²) in [6.07, 6.45) is 0. The highest BCUT2D eigenvalue weighted by atomic mass is 19.3.